The second-order valence-corrected chi connectivity index (χ2v) is 7.52. The van der Waals surface area contributed by atoms with Gasteiger partial charge in [-0.2, -0.15) is 0 Å². The van der Waals surface area contributed by atoms with Crippen LogP contribution in [0, 0.1) is 17.0 Å². The minimum absolute atomic E-state index is 0.0800. The van der Waals surface area contributed by atoms with E-state index >= 15 is 0 Å². The van der Waals surface area contributed by atoms with Gasteiger partial charge in [-0.15, -0.1) is 0 Å². The monoisotopic (exact) mass is 419 g/mol. The SMILES string of the molecule is Cc1ccccc1S(=O)(=O)NC(=O)Nn1c(=O)c(=O)[nH]c2cc([N+](=O)[O-])ccc21. The minimum atomic E-state index is -4.26. The molecule has 0 unspecified atom stereocenters. The third-order valence-corrected chi connectivity index (χ3v) is 5.39. The van der Waals surface area contributed by atoms with Crippen molar-refractivity contribution in [2.24, 2.45) is 0 Å². The number of benzene rings is 2. The quantitative estimate of drug-likeness (QED) is 0.314. The average molecular weight is 419 g/mol. The Kier molecular flexibility index (Phi) is 4.90. The largest absolute Gasteiger partial charge is 0.347 e. The van der Waals surface area contributed by atoms with Gasteiger partial charge in [0.25, 0.3) is 15.7 Å². The van der Waals surface area contributed by atoms with Gasteiger partial charge in [-0.05, 0) is 24.6 Å². The van der Waals surface area contributed by atoms with Crippen molar-refractivity contribution in [2.45, 2.75) is 11.8 Å². The molecule has 1 aromatic heterocycles. The van der Waals surface area contributed by atoms with Gasteiger partial charge in [-0.1, -0.05) is 18.2 Å². The van der Waals surface area contributed by atoms with Crippen molar-refractivity contribution in [3.05, 3.63) is 78.8 Å². The molecular formula is C16H13N5O7S. The lowest BCUT2D eigenvalue weighted by atomic mass is 10.2. The van der Waals surface area contributed by atoms with E-state index in [1.165, 1.54) is 25.1 Å². The van der Waals surface area contributed by atoms with Crippen molar-refractivity contribution in [3.8, 4) is 0 Å². The van der Waals surface area contributed by atoms with Crippen LogP contribution in [-0.2, 0) is 10.0 Å². The van der Waals surface area contributed by atoms with E-state index in [4.69, 9.17) is 0 Å². The van der Waals surface area contributed by atoms with Gasteiger partial charge < -0.3 is 4.98 Å². The van der Waals surface area contributed by atoms with E-state index in [-0.39, 0.29) is 21.6 Å². The lowest BCUT2D eigenvalue weighted by Crippen LogP contribution is -2.46. The van der Waals surface area contributed by atoms with Gasteiger partial charge in [-0.25, -0.2) is 28.0 Å². The van der Waals surface area contributed by atoms with Crippen LogP contribution in [0.5, 0.6) is 0 Å². The molecule has 0 saturated carbocycles. The molecular weight excluding hydrogens is 406 g/mol. The molecule has 29 heavy (non-hydrogen) atoms. The molecule has 0 atom stereocenters. The van der Waals surface area contributed by atoms with Crippen LogP contribution in [-0.4, -0.2) is 29.0 Å². The van der Waals surface area contributed by atoms with Crippen molar-refractivity contribution in [1.29, 1.82) is 0 Å². The second-order valence-electron chi connectivity index (χ2n) is 5.87. The van der Waals surface area contributed by atoms with Gasteiger partial charge in [0, 0.05) is 12.1 Å². The number of hydrogen-bond donors (Lipinski definition) is 3. The van der Waals surface area contributed by atoms with E-state index < -0.39 is 32.1 Å². The summed E-state index contributed by atoms with van der Waals surface area (Å²) in [5, 5.41) is 10.9. The average Bonchev–Trinajstić information content (AvgIpc) is 2.64. The van der Waals surface area contributed by atoms with Gasteiger partial charge in [-0.3, -0.25) is 19.7 Å². The Labute approximate surface area is 162 Å². The smallest absolute Gasteiger partial charge is 0.316 e. The Balaban J connectivity index is 1.99. The fraction of sp³-hybridized carbons (Fsp3) is 0.0625. The predicted molar refractivity (Wildman–Crippen MR) is 102 cm³/mol. The summed E-state index contributed by atoms with van der Waals surface area (Å²) in [4.78, 5) is 48.3. The lowest BCUT2D eigenvalue weighted by molar-refractivity contribution is -0.384. The number of nitrogens with zero attached hydrogens (tertiary/aromatic N) is 2. The van der Waals surface area contributed by atoms with E-state index in [1.807, 2.05) is 5.43 Å². The second kappa shape index (κ2) is 7.20. The number of amides is 2. The fourth-order valence-corrected chi connectivity index (χ4v) is 3.74. The number of nitro benzene ring substituents is 1. The van der Waals surface area contributed by atoms with Gasteiger partial charge >= 0.3 is 17.1 Å². The maximum absolute atomic E-state index is 12.4. The molecule has 0 bridgehead atoms. The Morgan fingerprint density at radius 3 is 2.52 bits per heavy atom. The number of nitrogens with one attached hydrogen (secondary N) is 3. The van der Waals surface area contributed by atoms with E-state index in [0.29, 0.717) is 10.2 Å². The zero-order chi connectivity index (χ0) is 21.3. The molecule has 3 rings (SSSR count). The number of H-pyrrole nitrogens is 1. The maximum atomic E-state index is 12.4. The summed E-state index contributed by atoms with van der Waals surface area (Å²) in [6.07, 6.45) is 0. The third kappa shape index (κ3) is 3.84. The number of aromatic amines is 1. The van der Waals surface area contributed by atoms with Crippen molar-refractivity contribution in [2.75, 3.05) is 5.43 Å². The van der Waals surface area contributed by atoms with Crippen LogP contribution < -0.4 is 21.3 Å². The van der Waals surface area contributed by atoms with Crippen LogP contribution in [0.2, 0.25) is 0 Å². The summed E-state index contributed by atoms with van der Waals surface area (Å²) in [7, 11) is -4.26. The number of non-ortho nitro benzene ring substituents is 1. The number of fused-ring (bicyclic) bond motifs is 1. The van der Waals surface area contributed by atoms with Crippen molar-refractivity contribution >= 4 is 32.8 Å². The third-order valence-electron chi connectivity index (χ3n) is 3.90. The molecule has 0 fully saturated rings. The van der Waals surface area contributed by atoms with Gasteiger partial charge in [0.05, 0.1) is 20.9 Å². The molecule has 3 N–H and O–H groups in total. The molecule has 0 aliphatic heterocycles. The maximum Gasteiger partial charge on any atom is 0.347 e. The number of hydrogen-bond acceptors (Lipinski definition) is 7. The molecule has 0 saturated heterocycles. The number of nitro groups is 1. The highest BCUT2D eigenvalue weighted by Gasteiger charge is 2.21. The highest BCUT2D eigenvalue weighted by Crippen LogP contribution is 2.17. The van der Waals surface area contributed by atoms with Crippen LogP contribution in [0.1, 0.15) is 5.56 Å². The van der Waals surface area contributed by atoms with E-state index in [1.54, 1.807) is 10.8 Å². The molecule has 0 aliphatic carbocycles. The first-order valence-electron chi connectivity index (χ1n) is 7.93. The number of rotatable bonds is 4. The zero-order valence-corrected chi connectivity index (χ0v) is 15.5. The molecule has 12 nitrogen and oxygen atoms in total. The van der Waals surface area contributed by atoms with Crippen molar-refractivity contribution < 1.29 is 18.1 Å². The first-order chi connectivity index (χ1) is 13.6. The summed E-state index contributed by atoms with van der Waals surface area (Å²) in [5.74, 6) is 0. The molecule has 0 aliphatic rings. The Morgan fingerprint density at radius 1 is 1.17 bits per heavy atom. The van der Waals surface area contributed by atoms with E-state index in [9.17, 15) is 32.9 Å². The standard InChI is InChI=1S/C16H13N5O7S/c1-9-4-2-3-5-13(9)29(27,28)19-16(24)18-20-12-7-6-10(21(25)26)8-11(12)17-14(22)15(20)23/h2-8H,1H3,(H,17,22)(H2,18,19,24). The molecule has 13 heteroatoms. The number of aromatic nitrogens is 2. The van der Waals surface area contributed by atoms with Crippen LogP contribution in [0.3, 0.4) is 0 Å². The fourth-order valence-electron chi connectivity index (χ4n) is 2.59. The number of sulfonamides is 1. The summed E-state index contributed by atoms with van der Waals surface area (Å²) >= 11 is 0. The summed E-state index contributed by atoms with van der Waals surface area (Å²) in [6, 6.07) is 7.79. The first-order valence-corrected chi connectivity index (χ1v) is 9.41. The van der Waals surface area contributed by atoms with E-state index in [0.717, 1.165) is 18.2 Å². The number of aryl methyl sites for hydroxylation is 1. The summed E-state index contributed by atoms with van der Waals surface area (Å²) in [6.45, 7) is 1.54. The van der Waals surface area contributed by atoms with Crippen molar-refractivity contribution in [3.63, 3.8) is 0 Å². The summed E-state index contributed by atoms with van der Waals surface area (Å²) in [5.41, 5.74) is -0.561. The van der Waals surface area contributed by atoms with Crippen LogP contribution in [0.25, 0.3) is 11.0 Å². The van der Waals surface area contributed by atoms with Gasteiger partial charge in [0.1, 0.15) is 0 Å². The highest BCUT2D eigenvalue weighted by molar-refractivity contribution is 7.90. The summed E-state index contributed by atoms with van der Waals surface area (Å²) < 4.78 is 27.0. The molecule has 0 spiro atoms. The van der Waals surface area contributed by atoms with Gasteiger partial charge in [0.2, 0.25) is 0 Å². The number of urea groups is 1. The number of carbonyl (C=O) groups is 1. The van der Waals surface area contributed by atoms with E-state index in [2.05, 4.69) is 4.98 Å². The Bertz CT molecular complexity index is 1370. The molecule has 2 aromatic carbocycles. The van der Waals surface area contributed by atoms with Crippen LogP contribution in [0.15, 0.2) is 56.9 Å². The predicted octanol–water partition coefficient (Wildman–Crippen LogP) is 0.548. The topological polar surface area (TPSA) is 173 Å². The number of carbonyl (C=O) groups excluding carboxylic acids is 1. The minimum Gasteiger partial charge on any atom is -0.316 e. The normalized spacial score (nSPS) is 11.2. The Morgan fingerprint density at radius 2 is 1.86 bits per heavy atom. The van der Waals surface area contributed by atoms with Crippen molar-refractivity contribution in [1.82, 2.24) is 14.4 Å². The molecule has 3 aromatic rings. The van der Waals surface area contributed by atoms with Crippen LogP contribution in [0.4, 0.5) is 10.5 Å². The Hall–Kier alpha value is -4.00. The highest BCUT2D eigenvalue weighted by atomic mass is 32.2. The molecule has 1 heterocycles. The lowest BCUT2D eigenvalue weighted by Gasteiger charge is -2.13. The zero-order valence-electron chi connectivity index (χ0n) is 14.7. The van der Waals surface area contributed by atoms with Gasteiger partial charge in [0.15, 0.2) is 0 Å². The molecule has 150 valence electrons. The first kappa shape index (κ1) is 19.8. The molecule has 0 radical (unpaired) electrons. The molecule has 2 amide bonds. The van der Waals surface area contributed by atoms with Crippen LogP contribution >= 0.6 is 0 Å².